The molecule has 5 nitrogen and oxygen atoms in total. The monoisotopic (exact) mass is 330 g/mol. The fourth-order valence-corrected chi connectivity index (χ4v) is 1.82. The minimum atomic E-state index is -1.42. The van der Waals surface area contributed by atoms with Crippen LogP contribution in [0.4, 0.5) is 24.5 Å². The van der Waals surface area contributed by atoms with E-state index < -0.39 is 45.2 Å². The number of amides is 1. The molecule has 0 saturated carbocycles. The van der Waals surface area contributed by atoms with Gasteiger partial charge in [0.15, 0.2) is 11.6 Å². The molecule has 0 fully saturated rings. The van der Waals surface area contributed by atoms with Crippen molar-refractivity contribution in [3.63, 3.8) is 0 Å². The molecule has 22 heavy (non-hydrogen) atoms. The molecule has 0 aliphatic heterocycles. The zero-order chi connectivity index (χ0) is 16.4. The van der Waals surface area contributed by atoms with Crippen molar-refractivity contribution in [2.75, 3.05) is 5.32 Å². The molecule has 2 aromatic carbocycles. The molecule has 114 valence electrons. The van der Waals surface area contributed by atoms with Gasteiger partial charge in [-0.25, -0.2) is 13.2 Å². The fourth-order valence-electron chi connectivity index (χ4n) is 1.66. The first-order valence-electron chi connectivity index (χ1n) is 5.69. The maximum atomic E-state index is 13.5. The van der Waals surface area contributed by atoms with Gasteiger partial charge in [-0.2, -0.15) is 0 Å². The van der Waals surface area contributed by atoms with Crippen LogP contribution in [-0.2, 0) is 0 Å². The van der Waals surface area contributed by atoms with Crippen LogP contribution < -0.4 is 5.32 Å². The lowest BCUT2D eigenvalue weighted by atomic mass is 10.1. The van der Waals surface area contributed by atoms with Crippen molar-refractivity contribution in [3.05, 3.63) is 68.5 Å². The highest BCUT2D eigenvalue weighted by atomic mass is 35.5. The maximum absolute atomic E-state index is 13.5. The third-order valence-corrected chi connectivity index (χ3v) is 2.89. The molecule has 9 heteroatoms. The molecule has 0 saturated heterocycles. The summed E-state index contributed by atoms with van der Waals surface area (Å²) in [5.74, 6) is -5.08. The fraction of sp³-hybridized carbons (Fsp3) is 0. The van der Waals surface area contributed by atoms with Crippen LogP contribution in [0, 0.1) is 27.6 Å². The molecule has 0 aromatic heterocycles. The van der Waals surface area contributed by atoms with E-state index in [1.54, 1.807) is 0 Å². The van der Waals surface area contributed by atoms with Gasteiger partial charge in [0.1, 0.15) is 11.4 Å². The predicted molar refractivity (Wildman–Crippen MR) is 72.4 cm³/mol. The second kappa shape index (κ2) is 6.02. The maximum Gasteiger partial charge on any atom is 0.283 e. The van der Waals surface area contributed by atoms with Crippen LogP contribution in [0.25, 0.3) is 0 Å². The number of carbonyl (C=O) groups excluding carboxylic acids is 1. The van der Waals surface area contributed by atoms with E-state index in [9.17, 15) is 28.1 Å². The molecule has 0 atom stereocenters. The first-order chi connectivity index (χ1) is 10.3. The zero-order valence-corrected chi connectivity index (χ0v) is 11.3. The van der Waals surface area contributed by atoms with E-state index in [2.05, 4.69) is 0 Å². The van der Waals surface area contributed by atoms with E-state index in [1.165, 1.54) is 6.07 Å². The number of rotatable bonds is 3. The lowest BCUT2D eigenvalue weighted by Gasteiger charge is -2.07. The predicted octanol–water partition coefficient (Wildman–Crippen LogP) is 3.92. The van der Waals surface area contributed by atoms with Crippen LogP contribution in [0.15, 0.2) is 30.3 Å². The summed E-state index contributed by atoms with van der Waals surface area (Å²) in [6, 6.07) is 3.92. The molecule has 0 heterocycles. The summed E-state index contributed by atoms with van der Waals surface area (Å²) in [5, 5.41) is 12.9. The molecule has 1 amide bonds. The van der Waals surface area contributed by atoms with Gasteiger partial charge in [-0.15, -0.1) is 0 Å². The Morgan fingerprint density at radius 3 is 2.36 bits per heavy atom. The Bertz CT molecular complexity index is 783. The Labute approximate surface area is 126 Å². The van der Waals surface area contributed by atoms with E-state index in [4.69, 9.17) is 11.6 Å². The standard InChI is InChI=1S/C13H6ClF3N2O3/c14-6-1-2-7(12(3-6)19(21)22)13(20)18-11-5-9(16)8(15)4-10(11)17/h1-5H,(H,18,20). The second-order valence-corrected chi connectivity index (χ2v) is 4.56. The van der Waals surface area contributed by atoms with Crippen LogP contribution in [0.1, 0.15) is 10.4 Å². The number of carbonyl (C=O) groups is 1. The topological polar surface area (TPSA) is 72.2 Å². The number of halogens is 4. The number of nitro groups is 1. The highest BCUT2D eigenvalue weighted by Gasteiger charge is 2.22. The van der Waals surface area contributed by atoms with Crippen molar-refractivity contribution in [1.82, 2.24) is 0 Å². The van der Waals surface area contributed by atoms with Crippen LogP contribution >= 0.6 is 11.6 Å². The quantitative estimate of drug-likeness (QED) is 0.526. The molecular formula is C13H6ClF3N2O3. The summed E-state index contributed by atoms with van der Waals surface area (Å²) in [7, 11) is 0. The number of anilines is 1. The normalized spacial score (nSPS) is 10.4. The van der Waals surface area contributed by atoms with Gasteiger partial charge in [-0.3, -0.25) is 14.9 Å². The van der Waals surface area contributed by atoms with Gasteiger partial charge in [0.05, 0.1) is 10.6 Å². The van der Waals surface area contributed by atoms with Gasteiger partial charge >= 0.3 is 0 Å². The Kier molecular flexibility index (Phi) is 4.32. The average Bonchev–Trinajstić information content (AvgIpc) is 2.44. The summed E-state index contributed by atoms with van der Waals surface area (Å²) in [6.07, 6.45) is 0. The van der Waals surface area contributed by atoms with Gasteiger partial charge in [0.2, 0.25) is 0 Å². The second-order valence-electron chi connectivity index (χ2n) is 4.12. The van der Waals surface area contributed by atoms with Crippen molar-refractivity contribution in [3.8, 4) is 0 Å². The van der Waals surface area contributed by atoms with Gasteiger partial charge in [0.25, 0.3) is 11.6 Å². The molecule has 0 aliphatic carbocycles. The van der Waals surface area contributed by atoms with E-state index >= 15 is 0 Å². The van der Waals surface area contributed by atoms with Crippen LogP contribution in [0.2, 0.25) is 5.02 Å². The van der Waals surface area contributed by atoms with E-state index in [1.807, 2.05) is 5.32 Å². The molecule has 0 bridgehead atoms. The molecule has 0 aliphatic rings. The van der Waals surface area contributed by atoms with E-state index in [-0.39, 0.29) is 11.1 Å². The summed E-state index contributed by atoms with van der Waals surface area (Å²) >= 11 is 5.60. The summed E-state index contributed by atoms with van der Waals surface area (Å²) in [5.41, 5.74) is -1.65. The van der Waals surface area contributed by atoms with Crippen LogP contribution in [0.3, 0.4) is 0 Å². The molecule has 2 aromatic rings. The number of nitrogens with one attached hydrogen (secondary N) is 1. The van der Waals surface area contributed by atoms with Gasteiger partial charge < -0.3 is 5.32 Å². The Morgan fingerprint density at radius 1 is 1.09 bits per heavy atom. The van der Waals surface area contributed by atoms with Crippen molar-refractivity contribution >= 4 is 28.9 Å². The molecular weight excluding hydrogens is 325 g/mol. The van der Waals surface area contributed by atoms with Crippen LogP contribution in [0.5, 0.6) is 0 Å². The van der Waals surface area contributed by atoms with Crippen molar-refractivity contribution < 1.29 is 22.9 Å². The number of nitrogens with zero attached hydrogens (tertiary/aromatic N) is 1. The molecule has 0 radical (unpaired) electrons. The smallest absolute Gasteiger partial charge is 0.283 e. The SMILES string of the molecule is O=C(Nc1cc(F)c(F)cc1F)c1ccc(Cl)cc1[N+](=O)[O-]. The first kappa shape index (κ1) is 15.8. The first-order valence-corrected chi connectivity index (χ1v) is 6.07. The van der Waals surface area contributed by atoms with Crippen molar-refractivity contribution in [1.29, 1.82) is 0 Å². The average molecular weight is 331 g/mol. The summed E-state index contributed by atoms with van der Waals surface area (Å²) in [4.78, 5) is 22.0. The highest BCUT2D eigenvalue weighted by molar-refractivity contribution is 6.31. The van der Waals surface area contributed by atoms with Gasteiger partial charge in [0, 0.05) is 23.2 Å². The van der Waals surface area contributed by atoms with E-state index in [0.29, 0.717) is 6.07 Å². The third-order valence-electron chi connectivity index (χ3n) is 2.66. The van der Waals surface area contributed by atoms with Gasteiger partial charge in [-0.1, -0.05) is 11.6 Å². The van der Waals surface area contributed by atoms with Gasteiger partial charge in [-0.05, 0) is 12.1 Å². The number of nitro benzene ring substituents is 1. The number of hydrogen-bond acceptors (Lipinski definition) is 3. The zero-order valence-electron chi connectivity index (χ0n) is 10.6. The third kappa shape index (κ3) is 3.17. The summed E-state index contributed by atoms with van der Waals surface area (Å²) in [6.45, 7) is 0. The minimum Gasteiger partial charge on any atom is -0.319 e. The molecule has 0 spiro atoms. The molecule has 2 rings (SSSR count). The lowest BCUT2D eigenvalue weighted by molar-refractivity contribution is -0.385. The highest BCUT2D eigenvalue weighted by Crippen LogP contribution is 2.25. The van der Waals surface area contributed by atoms with Crippen molar-refractivity contribution in [2.45, 2.75) is 0 Å². The lowest BCUT2D eigenvalue weighted by Crippen LogP contribution is -2.15. The Hall–Kier alpha value is -2.61. The number of hydrogen-bond donors (Lipinski definition) is 1. The Balaban J connectivity index is 2.38. The minimum absolute atomic E-state index is 0.0299. The van der Waals surface area contributed by atoms with E-state index in [0.717, 1.165) is 12.1 Å². The number of benzene rings is 2. The molecule has 1 N–H and O–H groups in total. The Morgan fingerprint density at radius 2 is 1.73 bits per heavy atom. The summed E-state index contributed by atoms with van der Waals surface area (Å²) < 4.78 is 39.3. The van der Waals surface area contributed by atoms with Crippen molar-refractivity contribution in [2.24, 2.45) is 0 Å². The van der Waals surface area contributed by atoms with Crippen LogP contribution in [-0.4, -0.2) is 10.8 Å². The largest absolute Gasteiger partial charge is 0.319 e. The molecule has 0 unspecified atom stereocenters.